The minimum absolute atomic E-state index is 0.172. The molecule has 82 valence electrons. The Morgan fingerprint density at radius 3 is 2.47 bits per heavy atom. The molecule has 1 aliphatic rings. The molecule has 5 N–H and O–H groups in total. The first kappa shape index (κ1) is 10.5. The maximum absolute atomic E-state index is 9.65. The van der Waals surface area contributed by atoms with E-state index in [1.165, 1.54) is 17.8 Å². The Morgan fingerprint density at radius 1 is 1.27 bits per heavy atom. The van der Waals surface area contributed by atoms with Gasteiger partial charge in [-0.15, -0.1) is 0 Å². The molecule has 15 heavy (non-hydrogen) atoms. The van der Waals surface area contributed by atoms with Gasteiger partial charge in [-0.2, -0.15) is 0 Å². The molecule has 0 bridgehead atoms. The van der Waals surface area contributed by atoms with E-state index < -0.39 is 0 Å². The fraction of sp³-hybridized carbons (Fsp3) is 0.556. The lowest BCUT2D eigenvalue weighted by molar-refractivity contribution is 0.188. The number of thioether (sulfide) groups is 1. The SMILES string of the molecule is Nc1cc(N)nc(SC2CCCC2O)n1. The number of nitrogen functional groups attached to an aromatic ring is 2. The van der Waals surface area contributed by atoms with Crippen molar-refractivity contribution in [1.29, 1.82) is 0 Å². The van der Waals surface area contributed by atoms with Crippen LogP contribution in [0.2, 0.25) is 0 Å². The zero-order valence-corrected chi connectivity index (χ0v) is 9.07. The second kappa shape index (κ2) is 4.24. The molecule has 1 aliphatic carbocycles. The van der Waals surface area contributed by atoms with E-state index in [0.29, 0.717) is 16.8 Å². The molecule has 0 spiro atoms. The molecule has 0 aromatic carbocycles. The van der Waals surface area contributed by atoms with Gasteiger partial charge in [0, 0.05) is 11.3 Å². The highest BCUT2D eigenvalue weighted by Gasteiger charge is 2.27. The maximum Gasteiger partial charge on any atom is 0.191 e. The highest BCUT2D eigenvalue weighted by atomic mass is 32.2. The maximum atomic E-state index is 9.65. The molecule has 1 heterocycles. The van der Waals surface area contributed by atoms with E-state index in [1.807, 2.05) is 0 Å². The summed E-state index contributed by atoms with van der Waals surface area (Å²) >= 11 is 1.46. The molecule has 1 aromatic heterocycles. The molecule has 2 rings (SSSR count). The normalized spacial score (nSPS) is 25.7. The van der Waals surface area contributed by atoms with E-state index >= 15 is 0 Å². The number of anilines is 2. The minimum Gasteiger partial charge on any atom is -0.392 e. The lowest BCUT2D eigenvalue weighted by atomic mass is 10.3. The summed E-state index contributed by atoms with van der Waals surface area (Å²) in [5.74, 6) is 0.745. The smallest absolute Gasteiger partial charge is 0.191 e. The molecule has 6 heteroatoms. The monoisotopic (exact) mass is 226 g/mol. The Morgan fingerprint density at radius 2 is 1.93 bits per heavy atom. The summed E-state index contributed by atoms with van der Waals surface area (Å²) in [4.78, 5) is 8.14. The summed E-state index contributed by atoms with van der Waals surface area (Å²) in [5, 5.41) is 10.4. The van der Waals surface area contributed by atoms with Gasteiger partial charge < -0.3 is 16.6 Å². The van der Waals surface area contributed by atoms with Crippen LogP contribution in [0.15, 0.2) is 11.2 Å². The van der Waals surface area contributed by atoms with Crippen LogP contribution in [0.4, 0.5) is 11.6 Å². The molecule has 0 saturated heterocycles. The van der Waals surface area contributed by atoms with Crippen LogP contribution >= 0.6 is 11.8 Å². The van der Waals surface area contributed by atoms with Crippen molar-refractivity contribution in [3.8, 4) is 0 Å². The van der Waals surface area contributed by atoms with Crippen molar-refractivity contribution in [3.63, 3.8) is 0 Å². The predicted molar refractivity (Wildman–Crippen MR) is 60.4 cm³/mol. The van der Waals surface area contributed by atoms with Crippen molar-refractivity contribution < 1.29 is 5.11 Å². The summed E-state index contributed by atoms with van der Waals surface area (Å²) < 4.78 is 0. The average Bonchev–Trinajstić information content (AvgIpc) is 2.50. The highest BCUT2D eigenvalue weighted by molar-refractivity contribution is 7.99. The number of nitrogens with zero attached hydrogens (tertiary/aromatic N) is 2. The summed E-state index contributed by atoms with van der Waals surface area (Å²) in [6, 6.07) is 1.52. The van der Waals surface area contributed by atoms with E-state index in [-0.39, 0.29) is 11.4 Å². The first-order chi connectivity index (χ1) is 7.15. The van der Waals surface area contributed by atoms with E-state index in [9.17, 15) is 5.11 Å². The summed E-state index contributed by atoms with van der Waals surface area (Å²) in [6.45, 7) is 0. The number of nitrogens with two attached hydrogens (primary N) is 2. The topological polar surface area (TPSA) is 98.1 Å². The fourth-order valence-electron chi connectivity index (χ4n) is 1.69. The first-order valence-corrected chi connectivity index (χ1v) is 5.78. The predicted octanol–water partition coefficient (Wildman–Crippen LogP) is 0.647. The van der Waals surface area contributed by atoms with Crippen LogP contribution in [0.3, 0.4) is 0 Å². The van der Waals surface area contributed by atoms with Gasteiger partial charge in [0.25, 0.3) is 0 Å². The summed E-state index contributed by atoms with van der Waals surface area (Å²) in [5.41, 5.74) is 11.1. The Labute approximate surface area is 92.3 Å². The first-order valence-electron chi connectivity index (χ1n) is 4.90. The van der Waals surface area contributed by atoms with Crippen LogP contribution in [0.1, 0.15) is 19.3 Å². The van der Waals surface area contributed by atoms with Crippen LogP contribution in [0.5, 0.6) is 0 Å². The van der Waals surface area contributed by atoms with Gasteiger partial charge in [-0.3, -0.25) is 0 Å². The largest absolute Gasteiger partial charge is 0.392 e. The van der Waals surface area contributed by atoms with Crippen molar-refractivity contribution in [2.75, 3.05) is 11.5 Å². The van der Waals surface area contributed by atoms with Gasteiger partial charge in [0.05, 0.1) is 6.10 Å². The lowest BCUT2D eigenvalue weighted by Crippen LogP contribution is -2.15. The van der Waals surface area contributed by atoms with Crippen LogP contribution in [0, 0.1) is 0 Å². The molecule has 2 unspecified atom stereocenters. The molecule has 0 aliphatic heterocycles. The van der Waals surface area contributed by atoms with Gasteiger partial charge in [-0.05, 0) is 19.3 Å². The van der Waals surface area contributed by atoms with Crippen LogP contribution < -0.4 is 11.5 Å². The van der Waals surface area contributed by atoms with E-state index in [4.69, 9.17) is 11.5 Å². The van der Waals surface area contributed by atoms with Crippen LogP contribution in [-0.4, -0.2) is 26.4 Å². The number of rotatable bonds is 2. The summed E-state index contributed by atoms with van der Waals surface area (Å²) in [7, 11) is 0. The zero-order valence-electron chi connectivity index (χ0n) is 8.26. The van der Waals surface area contributed by atoms with E-state index in [2.05, 4.69) is 9.97 Å². The molecule has 0 amide bonds. The van der Waals surface area contributed by atoms with Gasteiger partial charge in [0.2, 0.25) is 0 Å². The minimum atomic E-state index is -0.263. The average molecular weight is 226 g/mol. The molecular formula is C9H14N4OS. The van der Waals surface area contributed by atoms with Crippen molar-refractivity contribution >= 4 is 23.4 Å². The van der Waals surface area contributed by atoms with Crippen LogP contribution in [0.25, 0.3) is 0 Å². The van der Waals surface area contributed by atoms with Gasteiger partial charge in [-0.25, -0.2) is 9.97 Å². The number of hydrogen-bond donors (Lipinski definition) is 3. The van der Waals surface area contributed by atoms with Gasteiger partial charge >= 0.3 is 0 Å². The van der Waals surface area contributed by atoms with E-state index in [0.717, 1.165) is 19.3 Å². The zero-order chi connectivity index (χ0) is 10.8. The van der Waals surface area contributed by atoms with Gasteiger partial charge in [0.1, 0.15) is 11.6 Å². The van der Waals surface area contributed by atoms with Crippen molar-refractivity contribution in [1.82, 2.24) is 9.97 Å². The van der Waals surface area contributed by atoms with Gasteiger partial charge in [-0.1, -0.05) is 11.8 Å². The molecule has 1 fully saturated rings. The van der Waals surface area contributed by atoms with Gasteiger partial charge in [0.15, 0.2) is 5.16 Å². The quantitative estimate of drug-likeness (QED) is 0.640. The summed E-state index contributed by atoms with van der Waals surface area (Å²) in [6.07, 6.45) is 2.64. The van der Waals surface area contributed by atoms with Crippen LogP contribution in [-0.2, 0) is 0 Å². The molecule has 1 aromatic rings. The molecule has 5 nitrogen and oxygen atoms in total. The van der Waals surface area contributed by atoms with E-state index in [1.54, 1.807) is 0 Å². The number of hydrogen-bond acceptors (Lipinski definition) is 6. The number of aromatic nitrogens is 2. The van der Waals surface area contributed by atoms with Crippen molar-refractivity contribution in [2.45, 2.75) is 35.8 Å². The third kappa shape index (κ3) is 2.51. The Hall–Kier alpha value is -1.01. The van der Waals surface area contributed by atoms with Crippen molar-refractivity contribution in [3.05, 3.63) is 6.07 Å². The molecular weight excluding hydrogens is 212 g/mol. The molecule has 2 atom stereocenters. The highest BCUT2D eigenvalue weighted by Crippen LogP contribution is 2.33. The second-order valence-corrected chi connectivity index (χ2v) is 4.86. The standard InChI is InChI=1S/C9H14N4OS/c10-7-4-8(11)13-9(12-7)15-6-3-1-2-5(6)14/h4-6,14H,1-3H2,(H4,10,11,12,13). The Kier molecular flexibility index (Phi) is 2.97. The third-order valence-electron chi connectivity index (χ3n) is 2.42. The fourth-order valence-corrected chi connectivity index (χ4v) is 2.86. The van der Waals surface area contributed by atoms with Crippen molar-refractivity contribution in [2.24, 2.45) is 0 Å². The lowest BCUT2D eigenvalue weighted by Gasteiger charge is -2.12. The Balaban J connectivity index is 2.10. The second-order valence-electron chi connectivity index (χ2n) is 3.65. The third-order valence-corrected chi connectivity index (χ3v) is 3.67. The Bertz CT molecular complexity index is 340. The number of aliphatic hydroxyl groups is 1. The molecule has 0 radical (unpaired) electrons. The number of aliphatic hydroxyl groups excluding tert-OH is 1. The molecule has 1 saturated carbocycles.